The van der Waals surface area contributed by atoms with Crippen molar-refractivity contribution >= 4 is 16.9 Å². The number of carbonyl (C=O) groups is 1. The number of nitrogens with one attached hydrogen (secondary N) is 1. The number of hydrogen-bond acceptors (Lipinski definition) is 4. The van der Waals surface area contributed by atoms with Crippen molar-refractivity contribution in [1.82, 2.24) is 5.32 Å². The summed E-state index contributed by atoms with van der Waals surface area (Å²) in [5, 5.41) is 3.39. The van der Waals surface area contributed by atoms with Gasteiger partial charge in [-0.25, -0.2) is 0 Å². The van der Waals surface area contributed by atoms with E-state index in [1.54, 1.807) is 0 Å². The zero-order valence-corrected chi connectivity index (χ0v) is 16.3. The van der Waals surface area contributed by atoms with E-state index in [2.05, 4.69) is 12.2 Å². The molecule has 3 aromatic rings. The molecule has 2 aromatic carbocycles. The smallest absolute Gasteiger partial charge is 0.288 e. The highest BCUT2D eigenvalue weighted by Crippen LogP contribution is 2.32. The molecule has 1 aliphatic heterocycles. The predicted octanol–water partition coefficient (Wildman–Crippen LogP) is 4.42. The molecule has 1 aliphatic rings. The molecule has 1 aromatic heterocycles. The van der Waals surface area contributed by atoms with E-state index < -0.39 is 6.04 Å². The number of aryl methyl sites for hydroxylation is 2. The molecule has 1 unspecified atom stereocenters. The third-order valence-corrected chi connectivity index (χ3v) is 5.11. The summed E-state index contributed by atoms with van der Waals surface area (Å²) < 4.78 is 11.6. The summed E-state index contributed by atoms with van der Waals surface area (Å²) in [6.07, 6.45) is 2.08. The van der Waals surface area contributed by atoms with Crippen molar-refractivity contribution in [3.63, 3.8) is 0 Å². The highest BCUT2D eigenvalue weighted by Gasteiger charge is 2.36. The average molecular weight is 377 g/mol. The van der Waals surface area contributed by atoms with E-state index in [9.17, 15) is 9.59 Å². The second-order valence-electron chi connectivity index (χ2n) is 7.31. The average Bonchev–Trinajstić information content (AvgIpc) is 3.01. The molecule has 2 heterocycles. The molecule has 0 aliphatic carbocycles. The van der Waals surface area contributed by atoms with Crippen LogP contribution in [0.25, 0.3) is 11.0 Å². The third-order valence-electron chi connectivity index (χ3n) is 5.11. The van der Waals surface area contributed by atoms with Crippen molar-refractivity contribution in [3.05, 3.63) is 74.6 Å². The van der Waals surface area contributed by atoms with E-state index in [0.717, 1.165) is 35.3 Å². The van der Waals surface area contributed by atoms with E-state index >= 15 is 0 Å². The molecule has 1 amide bonds. The maximum Gasteiger partial charge on any atom is 0.288 e. The Balaban J connectivity index is 1.76. The van der Waals surface area contributed by atoms with Gasteiger partial charge in [0.15, 0.2) is 5.43 Å². The second kappa shape index (κ2) is 7.15. The van der Waals surface area contributed by atoms with Gasteiger partial charge in [0.25, 0.3) is 5.91 Å². The van der Waals surface area contributed by atoms with Crippen LogP contribution >= 0.6 is 0 Å². The van der Waals surface area contributed by atoms with Crippen LogP contribution in [0.4, 0.5) is 0 Å². The van der Waals surface area contributed by atoms with E-state index in [1.165, 1.54) is 0 Å². The van der Waals surface area contributed by atoms with Crippen LogP contribution in [-0.4, -0.2) is 12.5 Å². The molecule has 1 atom stereocenters. The Hall–Kier alpha value is -3.08. The monoisotopic (exact) mass is 377 g/mol. The molecule has 5 nitrogen and oxygen atoms in total. The Bertz CT molecular complexity index is 1110. The van der Waals surface area contributed by atoms with Crippen LogP contribution in [0.5, 0.6) is 5.75 Å². The molecular weight excluding hydrogens is 354 g/mol. The van der Waals surface area contributed by atoms with Gasteiger partial charge >= 0.3 is 0 Å². The number of hydrogen-bond donors (Lipinski definition) is 1. The molecule has 0 saturated heterocycles. The van der Waals surface area contributed by atoms with Gasteiger partial charge in [0.05, 0.1) is 23.6 Å². The van der Waals surface area contributed by atoms with Crippen molar-refractivity contribution in [1.29, 1.82) is 0 Å². The molecule has 144 valence electrons. The molecule has 0 radical (unpaired) electrons. The number of carbonyl (C=O) groups excluding carboxylic acids is 1. The maximum absolute atomic E-state index is 13.2. The first kappa shape index (κ1) is 18.3. The molecule has 0 fully saturated rings. The molecule has 0 saturated carbocycles. The van der Waals surface area contributed by atoms with E-state index in [4.69, 9.17) is 9.15 Å². The van der Waals surface area contributed by atoms with E-state index in [0.29, 0.717) is 23.1 Å². The number of benzene rings is 2. The Labute approximate surface area is 163 Å². The van der Waals surface area contributed by atoms with Gasteiger partial charge in [0.1, 0.15) is 11.3 Å². The number of rotatable bonds is 5. The molecule has 0 spiro atoms. The zero-order chi connectivity index (χ0) is 19.8. The van der Waals surface area contributed by atoms with Gasteiger partial charge < -0.3 is 14.5 Å². The van der Waals surface area contributed by atoms with Crippen LogP contribution < -0.4 is 15.5 Å². The van der Waals surface area contributed by atoms with E-state index in [1.807, 2.05) is 50.2 Å². The Kier molecular flexibility index (Phi) is 4.67. The van der Waals surface area contributed by atoms with Crippen LogP contribution in [0.3, 0.4) is 0 Å². The predicted molar refractivity (Wildman–Crippen MR) is 108 cm³/mol. The van der Waals surface area contributed by atoms with Crippen molar-refractivity contribution < 1.29 is 13.9 Å². The lowest BCUT2D eigenvalue weighted by molar-refractivity contribution is 0.0938. The number of ether oxygens (including phenoxy) is 1. The molecular formula is C23H23NO4. The van der Waals surface area contributed by atoms with Gasteiger partial charge in [0.2, 0.25) is 5.76 Å². The zero-order valence-electron chi connectivity index (χ0n) is 16.3. The van der Waals surface area contributed by atoms with Gasteiger partial charge in [0, 0.05) is 0 Å². The second-order valence-corrected chi connectivity index (χ2v) is 7.31. The minimum atomic E-state index is -0.520. The Morgan fingerprint density at radius 3 is 2.57 bits per heavy atom. The largest absolute Gasteiger partial charge is 0.494 e. The summed E-state index contributed by atoms with van der Waals surface area (Å²) in [5.41, 5.74) is 3.35. The van der Waals surface area contributed by atoms with Crippen molar-refractivity contribution in [2.45, 2.75) is 39.7 Å². The molecule has 1 N–H and O–H groups in total. The highest BCUT2D eigenvalue weighted by molar-refractivity contribution is 5.99. The third kappa shape index (κ3) is 3.07. The first-order valence-corrected chi connectivity index (χ1v) is 9.61. The summed E-state index contributed by atoms with van der Waals surface area (Å²) in [7, 11) is 0. The van der Waals surface area contributed by atoms with Crippen LogP contribution in [0.1, 0.15) is 58.6 Å². The summed E-state index contributed by atoms with van der Waals surface area (Å²) in [4.78, 5) is 25.7. The number of amides is 1. The topological polar surface area (TPSA) is 68.5 Å². The Morgan fingerprint density at radius 1 is 1.11 bits per heavy atom. The van der Waals surface area contributed by atoms with Crippen LogP contribution in [0.2, 0.25) is 0 Å². The summed E-state index contributed by atoms with van der Waals surface area (Å²) in [6.45, 7) is 6.61. The summed E-state index contributed by atoms with van der Waals surface area (Å²) in [5.74, 6) is 0.526. The molecule has 28 heavy (non-hydrogen) atoms. The fourth-order valence-electron chi connectivity index (χ4n) is 3.70. The standard InChI is InChI=1S/C23H23NO4/c1-4-5-10-27-16-8-6-15(7-9-16)19-18-20(25)17-12-13(2)11-14(3)21(17)28-22(18)23(26)24-19/h6-9,11-12,19H,4-5,10H2,1-3H3,(H,24,26). The van der Waals surface area contributed by atoms with Crippen LogP contribution in [0.15, 0.2) is 45.6 Å². The van der Waals surface area contributed by atoms with Gasteiger partial charge in [-0.05, 0) is 55.2 Å². The minimum absolute atomic E-state index is 0.109. The fourth-order valence-corrected chi connectivity index (χ4v) is 3.70. The number of fused-ring (bicyclic) bond motifs is 2. The van der Waals surface area contributed by atoms with Crippen molar-refractivity contribution in [3.8, 4) is 5.75 Å². The van der Waals surface area contributed by atoms with E-state index in [-0.39, 0.29) is 17.1 Å². The lowest BCUT2D eigenvalue weighted by Crippen LogP contribution is -2.21. The normalized spacial score (nSPS) is 15.5. The van der Waals surface area contributed by atoms with Crippen LogP contribution in [-0.2, 0) is 0 Å². The van der Waals surface area contributed by atoms with Gasteiger partial charge in [-0.2, -0.15) is 0 Å². The molecule has 5 heteroatoms. The first-order chi connectivity index (χ1) is 13.5. The molecule has 4 rings (SSSR count). The van der Waals surface area contributed by atoms with Crippen LogP contribution in [0, 0.1) is 13.8 Å². The lowest BCUT2D eigenvalue weighted by atomic mass is 9.98. The van der Waals surface area contributed by atoms with Gasteiger partial charge in [-0.15, -0.1) is 0 Å². The summed E-state index contributed by atoms with van der Waals surface area (Å²) >= 11 is 0. The number of unbranched alkanes of at least 4 members (excludes halogenated alkanes) is 1. The van der Waals surface area contributed by atoms with Gasteiger partial charge in [-0.3, -0.25) is 9.59 Å². The minimum Gasteiger partial charge on any atom is -0.494 e. The van der Waals surface area contributed by atoms with Crippen molar-refractivity contribution in [2.24, 2.45) is 0 Å². The highest BCUT2D eigenvalue weighted by atomic mass is 16.5. The van der Waals surface area contributed by atoms with Gasteiger partial charge in [-0.1, -0.05) is 31.5 Å². The SMILES string of the molecule is CCCCOc1ccc(C2NC(=O)c3oc4c(C)cc(C)cc4c(=O)c32)cc1. The summed E-state index contributed by atoms with van der Waals surface area (Å²) in [6, 6.07) is 10.7. The first-order valence-electron chi connectivity index (χ1n) is 9.61. The fraction of sp³-hybridized carbons (Fsp3) is 0.304. The van der Waals surface area contributed by atoms with Crippen molar-refractivity contribution in [2.75, 3.05) is 6.61 Å². The maximum atomic E-state index is 13.2. The molecule has 0 bridgehead atoms. The Morgan fingerprint density at radius 2 is 1.86 bits per heavy atom. The quantitative estimate of drug-likeness (QED) is 0.668. The lowest BCUT2D eigenvalue weighted by Gasteiger charge is -2.13.